The number of allylic oxidation sites excluding steroid dienone is 4. The number of nitrogens with two attached hydrogens (primary N) is 1. The molecular weight excluding hydrogens is 826 g/mol. The predicted molar refractivity (Wildman–Crippen MR) is 256 cm³/mol. The van der Waals surface area contributed by atoms with Gasteiger partial charge in [-0.15, -0.1) is 0 Å². The third-order valence-electron chi connectivity index (χ3n) is 12.1. The number of methoxy groups -OCH3 is 2. The van der Waals surface area contributed by atoms with E-state index in [1.165, 1.54) is 42.3 Å². The van der Waals surface area contributed by atoms with Crippen LogP contribution in [0.5, 0.6) is 0 Å². The van der Waals surface area contributed by atoms with Crippen LogP contribution in [0.2, 0.25) is 0 Å². The number of hydrogen-bond acceptors (Lipinski definition) is 9. The van der Waals surface area contributed by atoms with E-state index in [0.29, 0.717) is 18.5 Å². The smallest absolute Gasteiger partial charge is 0.405 e. The van der Waals surface area contributed by atoms with Crippen LogP contribution in [0.1, 0.15) is 66.2 Å². The Morgan fingerprint density at radius 1 is 0.844 bits per heavy atom. The molecule has 2 amide bonds. The summed E-state index contributed by atoms with van der Waals surface area (Å²) in [6, 6.07) is 32.6. The number of rotatable bonds is 14. The minimum absolute atomic E-state index is 0.110. The SMILES string of the molecule is CO[C@H]1/C=C\C=C(C)C(=O)NC2=CC(=O)C(NCCCCCC[P+](c3ccccc3)(c3ccccc3)c3ccccc3)=C(C[C@@H](C)C[C@H](OC)[C@H](O)[C@@H](C)/C=C(\C)[C@@H]1OC(N)=O)C2=O. The van der Waals surface area contributed by atoms with Gasteiger partial charge in [-0.25, -0.2) is 4.79 Å². The van der Waals surface area contributed by atoms with Crippen LogP contribution >= 0.6 is 7.26 Å². The van der Waals surface area contributed by atoms with Gasteiger partial charge in [-0.2, -0.15) is 0 Å². The van der Waals surface area contributed by atoms with Gasteiger partial charge in [-0.05, 0) is 93.8 Å². The number of amides is 2. The Morgan fingerprint density at radius 3 is 1.97 bits per heavy atom. The van der Waals surface area contributed by atoms with Gasteiger partial charge in [0.15, 0.2) is 6.10 Å². The lowest BCUT2D eigenvalue weighted by Gasteiger charge is -2.30. The number of aliphatic hydroxyl groups excluding tert-OH is 1. The first-order valence-electron chi connectivity index (χ1n) is 22.2. The third-order valence-corrected chi connectivity index (χ3v) is 16.6. The van der Waals surface area contributed by atoms with Gasteiger partial charge >= 0.3 is 6.09 Å². The molecule has 1 aliphatic heterocycles. The minimum atomic E-state index is -1.94. The van der Waals surface area contributed by atoms with Crippen LogP contribution in [0.4, 0.5) is 4.79 Å². The van der Waals surface area contributed by atoms with Crippen molar-refractivity contribution in [1.29, 1.82) is 0 Å². The number of Topliss-reactive ketones (excluding diaryl/α,β-unsaturated/α-hetero) is 1. The molecule has 6 atom stereocenters. The van der Waals surface area contributed by atoms with Crippen molar-refractivity contribution in [3.8, 4) is 0 Å². The fourth-order valence-corrected chi connectivity index (χ4v) is 13.1. The third kappa shape index (κ3) is 12.6. The number of nitrogens with one attached hydrogen (secondary N) is 2. The summed E-state index contributed by atoms with van der Waals surface area (Å²) in [6.07, 6.45) is 8.61. The van der Waals surface area contributed by atoms with E-state index in [9.17, 15) is 24.3 Å². The molecule has 11 nitrogen and oxygen atoms in total. The first-order chi connectivity index (χ1) is 30.8. The lowest BCUT2D eigenvalue weighted by Crippen LogP contribution is -2.38. The number of unbranched alkanes of at least 4 members (excludes halogenated alkanes) is 3. The fraction of sp³-hybridized carbons (Fsp3) is 0.385. The van der Waals surface area contributed by atoms with E-state index in [2.05, 4.69) is 102 Å². The van der Waals surface area contributed by atoms with Crippen LogP contribution in [0, 0.1) is 11.8 Å². The number of carbonyl (C=O) groups excluding carboxylic acids is 4. The molecule has 2 aliphatic rings. The largest absolute Gasteiger partial charge is 0.439 e. The highest BCUT2D eigenvalue weighted by Gasteiger charge is 2.44. The highest BCUT2D eigenvalue weighted by Crippen LogP contribution is 2.56. The molecule has 3 aromatic carbocycles. The molecule has 5 N–H and O–H groups in total. The number of benzene rings is 3. The molecule has 0 spiro atoms. The molecule has 1 aliphatic carbocycles. The minimum Gasteiger partial charge on any atom is -0.439 e. The van der Waals surface area contributed by atoms with Crippen LogP contribution in [-0.4, -0.2) is 80.0 Å². The predicted octanol–water partition coefficient (Wildman–Crippen LogP) is 6.91. The van der Waals surface area contributed by atoms with Crippen molar-refractivity contribution in [1.82, 2.24) is 10.6 Å². The van der Waals surface area contributed by atoms with Crippen LogP contribution in [-0.2, 0) is 28.6 Å². The summed E-state index contributed by atoms with van der Waals surface area (Å²) in [5.41, 5.74) is 6.67. The number of fused-ring (bicyclic) bond motifs is 2. The first kappa shape index (κ1) is 49.6. The highest BCUT2D eigenvalue weighted by molar-refractivity contribution is 7.95. The number of hydrogen-bond donors (Lipinski definition) is 4. The van der Waals surface area contributed by atoms with Gasteiger partial charge in [-0.3, -0.25) is 14.4 Å². The van der Waals surface area contributed by atoms with E-state index in [-0.39, 0.29) is 34.9 Å². The van der Waals surface area contributed by atoms with Crippen molar-refractivity contribution in [3.63, 3.8) is 0 Å². The quantitative estimate of drug-likeness (QED) is 0.0583. The lowest BCUT2D eigenvalue weighted by atomic mass is 9.85. The van der Waals surface area contributed by atoms with E-state index < -0.39 is 61.2 Å². The standard InChI is InChI=1S/C52H64N3O8P/c1-35-31-42-47(54-29-18-7-8-19-30-64(39-22-12-9-13-23-39,40-24-14-10-15-25-40)41-26-16-11-17-27-41)44(56)34-43(49(42)58)55-51(59)36(2)21-20-28-45(61-5)50(63-52(53)60)38(4)33-37(3)48(57)46(32-35)62-6/h9-17,20-28,33-35,37,45-46,48,50,57H,7-8,18-19,29-32H2,1-6H3,(H3-,53,54,55,56,58,59,60)/p+1/b28-20-,36-21?,38-33+/t35-,37+,45+,46+,48-,50+/m1/s1. The molecule has 0 saturated carbocycles. The van der Waals surface area contributed by atoms with Crippen LogP contribution in [0.15, 0.2) is 149 Å². The first-order valence-corrected chi connectivity index (χ1v) is 24.1. The molecule has 2 bridgehead atoms. The number of ether oxygens (including phenoxy) is 3. The second-order valence-corrected chi connectivity index (χ2v) is 20.4. The van der Waals surface area contributed by atoms with Gasteiger partial charge in [-0.1, -0.05) is 99.2 Å². The van der Waals surface area contributed by atoms with Crippen LogP contribution in [0.3, 0.4) is 0 Å². The Morgan fingerprint density at radius 2 is 1.42 bits per heavy atom. The summed E-state index contributed by atoms with van der Waals surface area (Å²) < 4.78 is 16.9. The zero-order valence-electron chi connectivity index (χ0n) is 38.0. The lowest BCUT2D eigenvalue weighted by molar-refractivity contribution is -0.120. The summed E-state index contributed by atoms with van der Waals surface area (Å²) in [7, 11) is 1.03. The van der Waals surface area contributed by atoms with Gasteiger partial charge in [0, 0.05) is 43.9 Å². The summed E-state index contributed by atoms with van der Waals surface area (Å²) in [6.45, 7) is 7.58. The number of aliphatic hydroxyl groups is 1. The molecule has 64 heavy (non-hydrogen) atoms. The van der Waals surface area contributed by atoms with Crippen molar-refractivity contribution in [2.75, 3.05) is 26.9 Å². The van der Waals surface area contributed by atoms with Crippen molar-refractivity contribution in [3.05, 3.63) is 149 Å². The topological polar surface area (TPSA) is 166 Å². The van der Waals surface area contributed by atoms with Gasteiger partial charge in [0.2, 0.25) is 11.6 Å². The normalized spacial score (nSPS) is 24.2. The summed E-state index contributed by atoms with van der Waals surface area (Å²) in [4.78, 5) is 53.4. The summed E-state index contributed by atoms with van der Waals surface area (Å²) >= 11 is 0. The molecule has 12 heteroatoms. The second kappa shape index (κ2) is 24.0. The monoisotopic (exact) mass is 890 g/mol. The fourth-order valence-electron chi connectivity index (χ4n) is 8.70. The van der Waals surface area contributed by atoms with Crippen molar-refractivity contribution in [2.45, 2.75) is 90.6 Å². The van der Waals surface area contributed by atoms with E-state index in [1.54, 1.807) is 32.1 Å². The van der Waals surface area contributed by atoms with E-state index in [4.69, 9.17) is 19.9 Å². The molecular formula is C52H65N3O8P+. The van der Waals surface area contributed by atoms with Crippen LogP contribution < -0.4 is 32.3 Å². The van der Waals surface area contributed by atoms with Crippen molar-refractivity contribution in [2.24, 2.45) is 17.6 Å². The van der Waals surface area contributed by atoms with Gasteiger partial charge in [0.05, 0.1) is 29.8 Å². The van der Waals surface area contributed by atoms with Crippen molar-refractivity contribution < 1.29 is 38.5 Å². The second-order valence-electron chi connectivity index (χ2n) is 16.8. The Balaban J connectivity index is 1.34. The maximum Gasteiger partial charge on any atom is 0.405 e. The van der Waals surface area contributed by atoms with E-state index in [0.717, 1.165) is 31.8 Å². The molecule has 3 aromatic rings. The molecule has 0 aromatic heterocycles. The average Bonchev–Trinajstić information content (AvgIpc) is 3.29. The zero-order chi connectivity index (χ0) is 46.2. The molecule has 0 fully saturated rings. The Hall–Kier alpha value is -5.45. The molecule has 340 valence electrons. The zero-order valence-corrected chi connectivity index (χ0v) is 38.9. The average molecular weight is 891 g/mol. The molecule has 5 rings (SSSR count). The van der Waals surface area contributed by atoms with Crippen LogP contribution in [0.25, 0.3) is 0 Å². The van der Waals surface area contributed by atoms with Crippen molar-refractivity contribution >= 4 is 46.7 Å². The maximum absolute atomic E-state index is 14.2. The Labute approximate surface area is 379 Å². The number of ketones is 2. The summed E-state index contributed by atoms with van der Waals surface area (Å²) in [5, 5.41) is 21.6. The highest BCUT2D eigenvalue weighted by atomic mass is 31.2. The van der Waals surface area contributed by atoms with Gasteiger partial charge < -0.3 is 35.7 Å². The van der Waals surface area contributed by atoms with Gasteiger partial charge in [0.25, 0.3) is 5.91 Å². The Bertz CT molecular complexity index is 2120. The number of carbonyl (C=O) groups is 4. The number of primary amides is 1. The molecule has 0 saturated heterocycles. The van der Waals surface area contributed by atoms with E-state index in [1.807, 2.05) is 13.8 Å². The molecule has 0 unspecified atom stereocenters. The maximum atomic E-state index is 14.2. The summed E-state index contributed by atoms with van der Waals surface area (Å²) in [5.74, 6) is -2.09. The Kier molecular flexibility index (Phi) is 18.6. The van der Waals surface area contributed by atoms with Gasteiger partial charge in [0.1, 0.15) is 29.3 Å². The van der Waals surface area contributed by atoms with E-state index >= 15 is 0 Å². The molecule has 0 radical (unpaired) electrons. The molecule has 1 heterocycles.